The van der Waals surface area contributed by atoms with Gasteiger partial charge in [0.2, 0.25) is 0 Å². The lowest BCUT2D eigenvalue weighted by molar-refractivity contribution is -0.0715. The maximum Gasteiger partial charge on any atom is 0.268 e. The van der Waals surface area contributed by atoms with Gasteiger partial charge >= 0.3 is 0 Å². The predicted molar refractivity (Wildman–Crippen MR) is 72.5 cm³/mol. The highest BCUT2D eigenvalue weighted by Crippen LogP contribution is 2.27. The number of hydrogen-bond donors (Lipinski definition) is 0. The van der Waals surface area contributed by atoms with Crippen LogP contribution in [0.1, 0.15) is 47.0 Å². The first kappa shape index (κ1) is 16.6. The highest BCUT2D eigenvalue weighted by atomic mass is 19.3. The summed E-state index contributed by atoms with van der Waals surface area (Å²) >= 11 is 0. The Morgan fingerprint density at radius 3 is 2.37 bits per heavy atom. The molecule has 0 aromatic rings. The molecule has 0 saturated heterocycles. The summed E-state index contributed by atoms with van der Waals surface area (Å²) in [6, 6.07) is 0. The molecule has 19 heavy (non-hydrogen) atoms. The van der Waals surface area contributed by atoms with E-state index in [4.69, 9.17) is 9.47 Å². The maximum atomic E-state index is 13.3. The van der Waals surface area contributed by atoms with Gasteiger partial charge in [0.1, 0.15) is 0 Å². The molecule has 0 aromatic heterocycles. The van der Waals surface area contributed by atoms with Gasteiger partial charge in [-0.15, -0.1) is 0 Å². The Balaban J connectivity index is 2.34. The van der Waals surface area contributed by atoms with Gasteiger partial charge in [-0.1, -0.05) is 19.9 Å². The van der Waals surface area contributed by atoms with E-state index in [0.29, 0.717) is 0 Å². The molecule has 4 heteroatoms. The van der Waals surface area contributed by atoms with Gasteiger partial charge < -0.3 is 9.47 Å². The number of halogens is 2. The molecule has 0 aromatic carbocycles. The molecule has 1 saturated carbocycles. The van der Waals surface area contributed by atoms with E-state index in [1.807, 2.05) is 13.8 Å². The molecule has 0 N–H and O–H groups in total. The van der Waals surface area contributed by atoms with Gasteiger partial charge in [-0.05, 0) is 39.2 Å². The molecule has 1 aliphatic rings. The molecule has 1 fully saturated rings. The van der Waals surface area contributed by atoms with E-state index in [0.717, 1.165) is 25.3 Å². The minimum absolute atomic E-state index is 0.0414. The molecular formula is C15H26F2O2. The van der Waals surface area contributed by atoms with Crippen molar-refractivity contribution in [2.24, 2.45) is 5.92 Å². The molecule has 0 heterocycles. The van der Waals surface area contributed by atoms with Crippen LogP contribution in [0.4, 0.5) is 8.78 Å². The van der Waals surface area contributed by atoms with Gasteiger partial charge in [0, 0.05) is 5.92 Å². The van der Waals surface area contributed by atoms with Crippen molar-refractivity contribution in [3.05, 3.63) is 12.2 Å². The topological polar surface area (TPSA) is 18.5 Å². The Kier molecular flexibility index (Phi) is 6.40. The molecule has 0 bridgehead atoms. The molecule has 1 aliphatic carbocycles. The number of alkyl halides is 2. The lowest BCUT2D eigenvalue weighted by Gasteiger charge is -2.22. The largest absolute Gasteiger partial charge is 0.373 e. The summed E-state index contributed by atoms with van der Waals surface area (Å²) in [7, 11) is 0. The smallest absolute Gasteiger partial charge is 0.268 e. The zero-order chi connectivity index (χ0) is 14.5. The summed E-state index contributed by atoms with van der Waals surface area (Å²) in [6.07, 6.45) is 5.72. The Labute approximate surface area is 115 Å². The van der Waals surface area contributed by atoms with Crippen LogP contribution < -0.4 is 0 Å². The minimum Gasteiger partial charge on any atom is -0.373 e. The summed E-state index contributed by atoms with van der Waals surface area (Å²) < 4.78 is 38.1. The Morgan fingerprint density at radius 2 is 1.79 bits per heavy atom. The first-order valence-electron chi connectivity index (χ1n) is 7.15. The first-order chi connectivity index (χ1) is 8.83. The summed E-state index contributed by atoms with van der Waals surface area (Å²) in [4.78, 5) is 0. The van der Waals surface area contributed by atoms with E-state index in [9.17, 15) is 8.78 Å². The van der Waals surface area contributed by atoms with Gasteiger partial charge in [-0.25, -0.2) is 8.78 Å². The second kappa shape index (κ2) is 7.34. The first-order valence-corrected chi connectivity index (χ1v) is 7.15. The lowest BCUT2D eigenvalue weighted by Crippen LogP contribution is -2.28. The van der Waals surface area contributed by atoms with E-state index in [1.165, 1.54) is 19.9 Å². The van der Waals surface area contributed by atoms with Gasteiger partial charge in [0.15, 0.2) is 0 Å². The third-order valence-electron chi connectivity index (χ3n) is 3.36. The van der Waals surface area contributed by atoms with E-state index in [1.54, 1.807) is 0 Å². The van der Waals surface area contributed by atoms with Crippen LogP contribution in [0.25, 0.3) is 0 Å². The fourth-order valence-electron chi connectivity index (χ4n) is 2.16. The van der Waals surface area contributed by atoms with E-state index >= 15 is 0 Å². The van der Waals surface area contributed by atoms with Crippen molar-refractivity contribution in [1.29, 1.82) is 0 Å². The van der Waals surface area contributed by atoms with Gasteiger partial charge in [-0.2, -0.15) is 0 Å². The zero-order valence-corrected chi connectivity index (χ0v) is 12.4. The van der Waals surface area contributed by atoms with Crippen LogP contribution >= 0.6 is 0 Å². The Bertz CT molecular complexity index is 288. The lowest BCUT2D eigenvalue weighted by atomic mass is 10.1. The molecule has 0 spiro atoms. The van der Waals surface area contributed by atoms with Crippen LogP contribution in [-0.4, -0.2) is 30.8 Å². The van der Waals surface area contributed by atoms with Crippen LogP contribution in [-0.2, 0) is 9.47 Å². The normalized spacial score (nSPS) is 25.1. The third-order valence-corrected chi connectivity index (χ3v) is 3.36. The second-order valence-corrected chi connectivity index (χ2v) is 5.76. The monoisotopic (exact) mass is 276 g/mol. The van der Waals surface area contributed by atoms with Crippen molar-refractivity contribution in [2.45, 2.75) is 71.2 Å². The summed E-state index contributed by atoms with van der Waals surface area (Å²) in [5.74, 6) is -3.44. The number of allylic oxidation sites excluding steroid dienone is 1. The van der Waals surface area contributed by atoms with E-state index < -0.39 is 11.8 Å². The second-order valence-electron chi connectivity index (χ2n) is 5.76. The Morgan fingerprint density at radius 1 is 1.16 bits per heavy atom. The quantitative estimate of drug-likeness (QED) is 0.649. The molecule has 112 valence electrons. The van der Waals surface area contributed by atoms with Crippen molar-refractivity contribution < 1.29 is 18.3 Å². The highest BCUT2D eigenvalue weighted by molar-refractivity contribution is 4.96. The third kappa shape index (κ3) is 5.57. The van der Waals surface area contributed by atoms with Crippen molar-refractivity contribution in [1.82, 2.24) is 0 Å². The molecule has 0 radical (unpaired) electrons. The van der Waals surface area contributed by atoms with Crippen LogP contribution in [0.15, 0.2) is 12.2 Å². The number of rotatable bonds is 7. The fraction of sp³-hybridized carbons (Fsp3) is 0.867. The predicted octanol–water partition coefficient (Wildman–Crippen LogP) is 4.20. The van der Waals surface area contributed by atoms with Crippen LogP contribution in [0.2, 0.25) is 0 Å². The molecule has 0 amide bonds. The minimum atomic E-state index is -2.76. The molecule has 0 aliphatic heterocycles. The molecular weight excluding hydrogens is 250 g/mol. The van der Waals surface area contributed by atoms with Gasteiger partial charge in [0.25, 0.3) is 5.92 Å². The zero-order valence-electron chi connectivity index (χ0n) is 12.4. The number of ether oxygens (including phenoxy) is 2. The van der Waals surface area contributed by atoms with Crippen molar-refractivity contribution in [3.63, 3.8) is 0 Å². The van der Waals surface area contributed by atoms with Crippen LogP contribution in [0.5, 0.6) is 0 Å². The SMILES string of the molecule is CC(C)OC1CCCC1OCC=CC(F)(F)C(C)C. The van der Waals surface area contributed by atoms with Crippen molar-refractivity contribution >= 4 is 0 Å². The molecule has 2 atom stereocenters. The fourth-order valence-corrected chi connectivity index (χ4v) is 2.16. The maximum absolute atomic E-state index is 13.3. The standard InChI is InChI=1S/C15H26F2O2/c1-11(2)15(16,17)9-6-10-18-13-7-5-8-14(13)19-12(3)4/h6,9,11-14H,5,7-8,10H2,1-4H3. The average molecular weight is 276 g/mol. The van der Waals surface area contributed by atoms with Crippen molar-refractivity contribution in [3.8, 4) is 0 Å². The van der Waals surface area contributed by atoms with E-state index in [-0.39, 0.29) is 24.9 Å². The highest BCUT2D eigenvalue weighted by Gasteiger charge is 2.30. The van der Waals surface area contributed by atoms with Gasteiger partial charge in [0.05, 0.1) is 24.9 Å². The molecule has 1 rings (SSSR count). The van der Waals surface area contributed by atoms with Crippen molar-refractivity contribution in [2.75, 3.05) is 6.61 Å². The number of hydrogen-bond acceptors (Lipinski definition) is 2. The van der Waals surface area contributed by atoms with Crippen LogP contribution in [0.3, 0.4) is 0 Å². The Hall–Kier alpha value is -0.480. The van der Waals surface area contributed by atoms with Gasteiger partial charge in [-0.3, -0.25) is 0 Å². The summed E-state index contributed by atoms with van der Waals surface area (Å²) in [5.41, 5.74) is 0. The molecule has 2 unspecified atom stereocenters. The summed E-state index contributed by atoms with van der Waals surface area (Å²) in [6.45, 7) is 7.24. The summed E-state index contributed by atoms with van der Waals surface area (Å²) in [5, 5.41) is 0. The van der Waals surface area contributed by atoms with Crippen LogP contribution in [0, 0.1) is 5.92 Å². The average Bonchev–Trinajstić information content (AvgIpc) is 2.71. The van der Waals surface area contributed by atoms with E-state index in [2.05, 4.69) is 0 Å². The molecule has 2 nitrogen and oxygen atoms in total.